The van der Waals surface area contributed by atoms with Crippen molar-refractivity contribution in [2.45, 2.75) is 0 Å². The number of nitrogens with two attached hydrogens (primary N) is 1. The van der Waals surface area contributed by atoms with Crippen LogP contribution in [0.4, 0.5) is 5.69 Å². The summed E-state index contributed by atoms with van der Waals surface area (Å²) in [6.07, 6.45) is 2.65. The molecule has 0 atom stereocenters. The Kier molecular flexibility index (Phi) is 2.49. The third kappa shape index (κ3) is 1.70. The molecule has 0 bridgehead atoms. The number of carboxylic acid groups (broad SMARTS) is 1. The highest BCUT2D eigenvalue weighted by Crippen LogP contribution is 2.26. The van der Waals surface area contributed by atoms with Crippen LogP contribution in [0.15, 0.2) is 24.8 Å². The fourth-order valence-corrected chi connectivity index (χ4v) is 1.65. The molecule has 2 aromatic rings. The molecule has 0 spiro atoms. The van der Waals surface area contributed by atoms with Gasteiger partial charge in [0.1, 0.15) is 12.7 Å². The van der Waals surface area contributed by atoms with Crippen LogP contribution in [-0.4, -0.2) is 25.8 Å². The summed E-state index contributed by atoms with van der Waals surface area (Å²) < 4.78 is 1.28. The minimum absolute atomic E-state index is 0.0181. The molecule has 0 amide bonds. The van der Waals surface area contributed by atoms with Crippen LogP contribution < -0.4 is 5.73 Å². The van der Waals surface area contributed by atoms with Crippen LogP contribution in [0, 0.1) is 0 Å². The van der Waals surface area contributed by atoms with E-state index < -0.39 is 5.97 Å². The molecule has 0 saturated heterocycles. The van der Waals surface area contributed by atoms with Crippen LogP contribution in [0.25, 0.3) is 5.69 Å². The first-order valence-electron chi connectivity index (χ1n) is 4.27. The summed E-state index contributed by atoms with van der Waals surface area (Å²) in [6, 6.07) is 2.79. The van der Waals surface area contributed by atoms with Crippen molar-refractivity contribution in [1.82, 2.24) is 14.8 Å². The third-order valence-corrected chi connectivity index (χ3v) is 2.25. The van der Waals surface area contributed by atoms with Crippen molar-refractivity contribution < 1.29 is 9.90 Å². The first-order valence-corrected chi connectivity index (χ1v) is 4.64. The SMILES string of the molecule is Nc1cc(Cl)c(-n2cncn2)c(C(=O)O)c1. The van der Waals surface area contributed by atoms with Gasteiger partial charge in [-0.05, 0) is 12.1 Å². The molecule has 3 N–H and O–H groups in total. The topological polar surface area (TPSA) is 94.0 Å². The molecule has 16 heavy (non-hydrogen) atoms. The largest absolute Gasteiger partial charge is 0.478 e. The molecule has 0 unspecified atom stereocenters. The summed E-state index contributed by atoms with van der Waals surface area (Å²) in [7, 11) is 0. The molecule has 2 rings (SSSR count). The summed E-state index contributed by atoms with van der Waals surface area (Å²) in [5.74, 6) is -1.13. The monoisotopic (exact) mass is 238 g/mol. The second-order valence-electron chi connectivity index (χ2n) is 3.04. The Hall–Kier alpha value is -2.08. The number of nitrogen functional groups attached to an aromatic ring is 1. The van der Waals surface area contributed by atoms with Crippen LogP contribution in [0.3, 0.4) is 0 Å². The predicted octanol–water partition coefficient (Wildman–Crippen LogP) is 1.20. The molecule has 0 saturated carbocycles. The Balaban J connectivity index is 2.72. The fraction of sp³-hybridized carbons (Fsp3) is 0. The summed E-state index contributed by atoms with van der Waals surface area (Å²) in [4.78, 5) is 14.8. The van der Waals surface area contributed by atoms with Crippen molar-refractivity contribution in [3.63, 3.8) is 0 Å². The first-order chi connectivity index (χ1) is 7.59. The van der Waals surface area contributed by atoms with E-state index in [-0.39, 0.29) is 22.0 Å². The second-order valence-corrected chi connectivity index (χ2v) is 3.45. The van der Waals surface area contributed by atoms with Crippen molar-refractivity contribution in [2.24, 2.45) is 0 Å². The number of carboxylic acids is 1. The Morgan fingerprint density at radius 3 is 2.81 bits per heavy atom. The normalized spacial score (nSPS) is 10.3. The summed E-state index contributed by atoms with van der Waals surface area (Å²) >= 11 is 5.94. The number of benzene rings is 1. The van der Waals surface area contributed by atoms with E-state index in [1.807, 2.05) is 0 Å². The van der Waals surface area contributed by atoms with E-state index in [4.69, 9.17) is 22.4 Å². The lowest BCUT2D eigenvalue weighted by Crippen LogP contribution is -2.07. The summed E-state index contributed by atoms with van der Waals surface area (Å²) in [6.45, 7) is 0. The average Bonchev–Trinajstić information content (AvgIpc) is 2.69. The maximum absolute atomic E-state index is 11.0. The Morgan fingerprint density at radius 1 is 1.50 bits per heavy atom. The Bertz CT molecular complexity index is 539. The first kappa shape index (κ1) is 10.4. The number of halogens is 1. The smallest absolute Gasteiger partial charge is 0.338 e. The van der Waals surface area contributed by atoms with E-state index in [0.29, 0.717) is 0 Å². The zero-order valence-corrected chi connectivity index (χ0v) is 8.72. The van der Waals surface area contributed by atoms with Gasteiger partial charge >= 0.3 is 5.97 Å². The molecule has 0 aliphatic rings. The second kappa shape index (κ2) is 3.82. The highest BCUT2D eigenvalue weighted by molar-refractivity contribution is 6.33. The maximum atomic E-state index is 11.0. The number of hydrogen-bond acceptors (Lipinski definition) is 4. The number of anilines is 1. The minimum Gasteiger partial charge on any atom is -0.478 e. The van der Waals surface area contributed by atoms with Crippen LogP contribution >= 0.6 is 11.6 Å². The fourth-order valence-electron chi connectivity index (χ4n) is 1.34. The van der Waals surface area contributed by atoms with E-state index in [1.54, 1.807) is 0 Å². The lowest BCUT2D eigenvalue weighted by molar-refractivity contribution is 0.0697. The Labute approximate surface area is 95.3 Å². The van der Waals surface area contributed by atoms with E-state index in [1.165, 1.54) is 29.5 Å². The van der Waals surface area contributed by atoms with Crippen molar-refractivity contribution in [2.75, 3.05) is 5.73 Å². The average molecular weight is 239 g/mol. The molecule has 0 aliphatic heterocycles. The van der Waals surface area contributed by atoms with Gasteiger partial charge in [0.2, 0.25) is 0 Å². The number of carbonyl (C=O) groups is 1. The van der Waals surface area contributed by atoms with Gasteiger partial charge < -0.3 is 10.8 Å². The molecular formula is C9H7ClN4O2. The van der Waals surface area contributed by atoms with Gasteiger partial charge in [0.15, 0.2) is 0 Å². The molecule has 7 heteroatoms. The third-order valence-electron chi connectivity index (χ3n) is 1.96. The molecule has 1 aromatic carbocycles. The van der Waals surface area contributed by atoms with Gasteiger partial charge in [-0.15, -0.1) is 0 Å². The highest BCUT2D eigenvalue weighted by Gasteiger charge is 2.16. The maximum Gasteiger partial charge on any atom is 0.338 e. The van der Waals surface area contributed by atoms with Crippen molar-refractivity contribution >= 4 is 23.3 Å². The number of rotatable bonds is 2. The van der Waals surface area contributed by atoms with Gasteiger partial charge in [-0.25, -0.2) is 14.5 Å². The molecule has 0 fully saturated rings. The van der Waals surface area contributed by atoms with Crippen molar-refractivity contribution in [1.29, 1.82) is 0 Å². The lowest BCUT2D eigenvalue weighted by atomic mass is 10.1. The molecule has 0 radical (unpaired) electrons. The molecule has 0 aliphatic carbocycles. The number of hydrogen-bond donors (Lipinski definition) is 2. The molecule has 6 nitrogen and oxygen atoms in total. The van der Waals surface area contributed by atoms with Gasteiger partial charge in [0.25, 0.3) is 0 Å². The zero-order valence-electron chi connectivity index (χ0n) is 7.96. The van der Waals surface area contributed by atoms with E-state index in [2.05, 4.69) is 10.1 Å². The zero-order chi connectivity index (χ0) is 11.7. The van der Waals surface area contributed by atoms with Crippen LogP contribution in [0.1, 0.15) is 10.4 Å². The number of aromatic carboxylic acids is 1. The van der Waals surface area contributed by atoms with Crippen molar-refractivity contribution in [3.05, 3.63) is 35.4 Å². The molecule has 1 aromatic heterocycles. The quantitative estimate of drug-likeness (QED) is 0.767. The number of aromatic nitrogens is 3. The standard InChI is InChI=1S/C9H7ClN4O2/c10-7-2-5(11)1-6(9(15)16)8(7)14-4-12-3-13-14/h1-4H,11H2,(H,15,16). The van der Waals surface area contributed by atoms with Crippen LogP contribution in [0.2, 0.25) is 5.02 Å². The van der Waals surface area contributed by atoms with E-state index >= 15 is 0 Å². The Morgan fingerprint density at radius 2 is 2.25 bits per heavy atom. The molecular weight excluding hydrogens is 232 g/mol. The summed E-state index contributed by atoms with van der Waals surface area (Å²) in [5, 5.41) is 13.1. The van der Waals surface area contributed by atoms with E-state index in [9.17, 15) is 4.79 Å². The van der Waals surface area contributed by atoms with Gasteiger partial charge in [0, 0.05) is 5.69 Å². The van der Waals surface area contributed by atoms with Gasteiger partial charge in [-0.2, -0.15) is 5.10 Å². The molecule has 82 valence electrons. The van der Waals surface area contributed by atoms with Crippen molar-refractivity contribution in [3.8, 4) is 5.69 Å². The van der Waals surface area contributed by atoms with Gasteiger partial charge in [-0.1, -0.05) is 11.6 Å². The number of nitrogens with zero attached hydrogens (tertiary/aromatic N) is 3. The van der Waals surface area contributed by atoms with Gasteiger partial charge in [0.05, 0.1) is 16.3 Å². The lowest BCUT2D eigenvalue weighted by Gasteiger charge is -2.08. The minimum atomic E-state index is -1.13. The van der Waals surface area contributed by atoms with Crippen LogP contribution in [0.5, 0.6) is 0 Å². The molecule has 1 heterocycles. The summed E-state index contributed by atoms with van der Waals surface area (Å²) in [5.41, 5.74) is 6.04. The predicted molar refractivity (Wildman–Crippen MR) is 57.7 cm³/mol. The van der Waals surface area contributed by atoms with Crippen LogP contribution in [-0.2, 0) is 0 Å². The van der Waals surface area contributed by atoms with Gasteiger partial charge in [-0.3, -0.25) is 0 Å². The van der Waals surface area contributed by atoms with E-state index in [0.717, 1.165) is 0 Å². The highest BCUT2D eigenvalue weighted by atomic mass is 35.5.